The number of carbonyl (C=O) groups is 2. The van der Waals surface area contributed by atoms with Crippen molar-refractivity contribution in [3.63, 3.8) is 0 Å². The van der Waals surface area contributed by atoms with Crippen molar-refractivity contribution in [1.29, 1.82) is 0 Å². The molecule has 0 spiro atoms. The fraction of sp³-hybridized carbons (Fsp3) is 0.250. The van der Waals surface area contributed by atoms with Crippen LogP contribution in [0.5, 0.6) is 0 Å². The summed E-state index contributed by atoms with van der Waals surface area (Å²) in [5.41, 5.74) is 1.96. The highest BCUT2D eigenvalue weighted by molar-refractivity contribution is 6.39. The maximum Gasteiger partial charge on any atom is 0.335 e. The molecule has 7 nitrogen and oxygen atoms in total. The van der Waals surface area contributed by atoms with Gasteiger partial charge in [0.2, 0.25) is 11.9 Å². The number of benzene rings is 2. The highest BCUT2D eigenvalue weighted by Gasteiger charge is 2.21. The summed E-state index contributed by atoms with van der Waals surface area (Å²) in [5.74, 6) is -0.400. The van der Waals surface area contributed by atoms with E-state index in [1.165, 1.54) is 12.1 Å². The van der Waals surface area contributed by atoms with Gasteiger partial charge < -0.3 is 19.9 Å². The van der Waals surface area contributed by atoms with Crippen molar-refractivity contribution in [1.82, 2.24) is 14.5 Å². The van der Waals surface area contributed by atoms with Crippen LogP contribution in [0.3, 0.4) is 0 Å². The second-order valence-corrected chi connectivity index (χ2v) is 7.62. The zero-order valence-electron chi connectivity index (χ0n) is 15.4. The molecule has 9 heteroatoms. The first-order valence-electron chi connectivity index (χ1n) is 9.16. The van der Waals surface area contributed by atoms with Crippen LogP contribution >= 0.6 is 23.2 Å². The number of carbonyl (C=O) groups excluding carboxylic acids is 1. The number of aromatic carboxylic acids is 1. The Bertz CT molecular complexity index is 1090. The molecular formula is C20H18Cl2N4O3. The van der Waals surface area contributed by atoms with E-state index in [2.05, 4.69) is 10.3 Å². The second kappa shape index (κ2) is 7.93. The SMILES string of the molecule is O=C(O)c1ccc2c(c1)nc(Nc1c(Cl)cccc1Cl)n2CCN1CCCC1=O. The number of hydrogen-bond donors (Lipinski definition) is 2. The number of hydrogen-bond acceptors (Lipinski definition) is 4. The zero-order chi connectivity index (χ0) is 20.5. The average molecular weight is 433 g/mol. The first kappa shape index (κ1) is 19.5. The summed E-state index contributed by atoms with van der Waals surface area (Å²) >= 11 is 12.6. The molecule has 2 aromatic carbocycles. The molecule has 1 aliphatic rings. The van der Waals surface area contributed by atoms with Crippen molar-refractivity contribution in [3.05, 3.63) is 52.0 Å². The number of rotatable bonds is 6. The molecule has 1 saturated heterocycles. The number of likely N-dealkylation sites (tertiary alicyclic amines) is 1. The summed E-state index contributed by atoms with van der Waals surface area (Å²) < 4.78 is 1.91. The van der Waals surface area contributed by atoms with Crippen LogP contribution in [0.4, 0.5) is 11.6 Å². The maximum absolute atomic E-state index is 12.0. The van der Waals surface area contributed by atoms with Crippen LogP contribution < -0.4 is 5.32 Å². The predicted molar refractivity (Wildman–Crippen MR) is 112 cm³/mol. The highest BCUT2D eigenvalue weighted by Crippen LogP contribution is 2.33. The fourth-order valence-electron chi connectivity index (χ4n) is 3.47. The van der Waals surface area contributed by atoms with Gasteiger partial charge in [-0.3, -0.25) is 4.79 Å². The largest absolute Gasteiger partial charge is 0.478 e. The Labute approximate surface area is 176 Å². The van der Waals surface area contributed by atoms with Gasteiger partial charge >= 0.3 is 5.97 Å². The Morgan fingerprint density at radius 2 is 1.93 bits per heavy atom. The standard InChI is InChI=1S/C20H18Cl2N4O3/c21-13-3-1-4-14(22)18(13)24-20-23-15-11-12(19(28)29)6-7-16(15)26(20)10-9-25-8-2-5-17(25)27/h1,3-4,6-7,11H,2,5,8-10H2,(H,23,24)(H,28,29). The molecule has 4 rings (SSSR count). The van der Waals surface area contributed by atoms with Gasteiger partial charge in [-0.1, -0.05) is 29.3 Å². The number of carboxylic acid groups (broad SMARTS) is 1. The van der Waals surface area contributed by atoms with E-state index in [0.29, 0.717) is 46.7 Å². The van der Waals surface area contributed by atoms with E-state index in [-0.39, 0.29) is 11.5 Å². The summed E-state index contributed by atoms with van der Waals surface area (Å²) in [4.78, 5) is 29.7. The number of halogens is 2. The Hall–Kier alpha value is -2.77. The van der Waals surface area contributed by atoms with Crippen LogP contribution in [-0.4, -0.2) is 44.5 Å². The third kappa shape index (κ3) is 3.88. The Kier molecular flexibility index (Phi) is 5.34. The van der Waals surface area contributed by atoms with Gasteiger partial charge in [0.15, 0.2) is 0 Å². The third-order valence-electron chi connectivity index (χ3n) is 4.96. The lowest BCUT2D eigenvalue weighted by molar-refractivity contribution is -0.127. The minimum Gasteiger partial charge on any atom is -0.478 e. The van der Waals surface area contributed by atoms with E-state index >= 15 is 0 Å². The van der Waals surface area contributed by atoms with Crippen LogP contribution in [0.15, 0.2) is 36.4 Å². The van der Waals surface area contributed by atoms with E-state index in [9.17, 15) is 14.7 Å². The number of imidazole rings is 1. The molecule has 2 heterocycles. The maximum atomic E-state index is 12.0. The minimum atomic E-state index is -1.02. The number of fused-ring (bicyclic) bond motifs is 1. The van der Waals surface area contributed by atoms with Crippen molar-refractivity contribution >= 4 is 57.7 Å². The summed E-state index contributed by atoms with van der Waals surface area (Å²) in [7, 11) is 0. The van der Waals surface area contributed by atoms with Gasteiger partial charge in [-0.05, 0) is 36.8 Å². The molecule has 1 aromatic heterocycles. The normalized spacial score (nSPS) is 14.0. The predicted octanol–water partition coefficient (Wildman–Crippen LogP) is 4.41. The highest BCUT2D eigenvalue weighted by atomic mass is 35.5. The molecular weight excluding hydrogens is 415 g/mol. The van der Waals surface area contributed by atoms with Crippen LogP contribution in [0, 0.1) is 0 Å². The topological polar surface area (TPSA) is 87.5 Å². The van der Waals surface area contributed by atoms with Gasteiger partial charge in [-0.2, -0.15) is 0 Å². The van der Waals surface area contributed by atoms with E-state index in [1.807, 2.05) is 9.47 Å². The molecule has 29 heavy (non-hydrogen) atoms. The summed E-state index contributed by atoms with van der Waals surface area (Å²) in [5, 5.41) is 13.3. The first-order valence-corrected chi connectivity index (χ1v) is 9.92. The van der Waals surface area contributed by atoms with E-state index < -0.39 is 5.97 Å². The smallest absolute Gasteiger partial charge is 0.335 e. The molecule has 1 fully saturated rings. The molecule has 3 aromatic rings. The van der Waals surface area contributed by atoms with Crippen molar-refractivity contribution in [2.75, 3.05) is 18.4 Å². The molecule has 1 amide bonds. The molecule has 150 valence electrons. The summed E-state index contributed by atoms with van der Waals surface area (Å²) in [6.45, 7) is 1.78. The molecule has 1 aliphatic heterocycles. The van der Waals surface area contributed by atoms with Crippen molar-refractivity contribution < 1.29 is 14.7 Å². The fourth-order valence-corrected chi connectivity index (χ4v) is 3.97. The number of para-hydroxylation sites is 1. The number of nitrogens with zero attached hydrogens (tertiary/aromatic N) is 3. The van der Waals surface area contributed by atoms with Gasteiger partial charge in [-0.15, -0.1) is 0 Å². The van der Waals surface area contributed by atoms with E-state index in [4.69, 9.17) is 23.2 Å². The number of carboxylic acids is 1. The van der Waals surface area contributed by atoms with Gasteiger partial charge in [0.25, 0.3) is 0 Å². The molecule has 0 bridgehead atoms. The average Bonchev–Trinajstić information content (AvgIpc) is 3.25. The lowest BCUT2D eigenvalue weighted by atomic mass is 10.2. The lowest BCUT2D eigenvalue weighted by Gasteiger charge is -2.18. The third-order valence-corrected chi connectivity index (χ3v) is 5.59. The first-order chi connectivity index (χ1) is 13.9. The molecule has 0 saturated carbocycles. The molecule has 0 unspecified atom stereocenters. The number of amides is 1. The quantitative estimate of drug-likeness (QED) is 0.602. The van der Waals surface area contributed by atoms with E-state index in [0.717, 1.165) is 18.5 Å². The summed E-state index contributed by atoms with van der Waals surface area (Å²) in [6, 6.07) is 9.96. The van der Waals surface area contributed by atoms with Crippen molar-refractivity contribution in [2.24, 2.45) is 0 Å². The van der Waals surface area contributed by atoms with Gasteiger partial charge in [-0.25, -0.2) is 9.78 Å². The van der Waals surface area contributed by atoms with E-state index in [1.54, 1.807) is 24.3 Å². The Morgan fingerprint density at radius 1 is 1.17 bits per heavy atom. The minimum absolute atomic E-state index is 0.145. The Morgan fingerprint density at radius 3 is 2.59 bits per heavy atom. The zero-order valence-corrected chi connectivity index (χ0v) is 16.9. The van der Waals surface area contributed by atoms with Gasteiger partial charge in [0.05, 0.1) is 32.3 Å². The van der Waals surface area contributed by atoms with Gasteiger partial charge in [0.1, 0.15) is 0 Å². The van der Waals surface area contributed by atoms with Crippen molar-refractivity contribution in [2.45, 2.75) is 19.4 Å². The van der Waals surface area contributed by atoms with Gasteiger partial charge in [0, 0.05) is 26.1 Å². The number of nitrogens with one attached hydrogen (secondary N) is 1. The summed E-state index contributed by atoms with van der Waals surface area (Å²) in [6.07, 6.45) is 1.44. The van der Waals surface area contributed by atoms with Crippen molar-refractivity contribution in [3.8, 4) is 0 Å². The van der Waals surface area contributed by atoms with Crippen LogP contribution in [0.2, 0.25) is 10.0 Å². The van der Waals surface area contributed by atoms with Crippen LogP contribution in [0.1, 0.15) is 23.2 Å². The number of anilines is 2. The van der Waals surface area contributed by atoms with Crippen LogP contribution in [-0.2, 0) is 11.3 Å². The Balaban J connectivity index is 1.74. The molecule has 2 N–H and O–H groups in total. The molecule has 0 aliphatic carbocycles. The molecule has 0 radical (unpaired) electrons. The monoisotopic (exact) mass is 432 g/mol. The lowest BCUT2D eigenvalue weighted by Crippen LogP contribution is -2.28. The number of aromatic nitrogens is 2. The molecule has 0 atom stereocenters. The second-order valence-electron chi connectivity index (χ2n) is 6.80. The van der Waals surface area contributed by atoms with Crippen LogP contribution in [0.25, 0.3) is 11.0 Å².